The van der Waals surface area contributed by atoms with E-state index in [4.69, 9.17) is 0 Å². The lowest BCUT2D eigenvalue weighted by atomic mass is 9.97. The normalized spacial score (nSPS) is 22.5. The zero-order valence-electron chi connectivity index (χ0n) is 7.64. The Labute approximate surface area is 88.4 Å². The second-order valence-corrected chi connectivity index (χ2v) is 4.09. The highest BCUT2D eigenvalue weighted by atomic mass is 32.1. The molecule has 1 atom stereocenters. The summed E-state index contributed by atoms with van der Waals surface area (Å²) in [6.07, 6.45) is 8.58. The first-order valence-electron chi connectivity index (χ1n) is 4.75. The molecule has 0 saturated heterocycles. The van der Waals surface area contributed by atoms with Gasteiger partial charge in [0.2, 0.25) is 0 Å². The largest absolute Gasteiger partial charge is 0.146 e. The van der Waals surface area contributed by atoms with Crippen molar-refractivity contribution in [2.75, 3.05) is 0 Å². The van der Waals surface area contributed by atoms with Gasteiger partial charge < -0.3 is 0 Å². The van der Waals surface area contributed by atoms with Gasteiger partial charge in [0.05, 0.1) is 0 Å². The minimum atomic E-state index is 0.390. The molecule has 1 unspecified atom stereocenters. The van der Waals surface area contributed by atoms with E-state index in [-0.39, 0.29) is 0 Å². The molecular weight excluding hydrogens is 188 g/mol. The Kier molecular flexibility index (Phi) is 1.68. The lowest BCUT2D eigenvalue weighted by molar-refractivity contribution is 1.17. The van der Waals surface area contributed by atoms with Gasteiger partial charge in [-0.05, 0) is 16.0 Å². The second-order valence-electron chi connectivity index (χ2n) is 3.61. The molecule has 1 heteroatoms. The summed E-state index contributed by atoms with van der Waals surface area (Å²) in [6, 6.07) is 8.47. The van der Waals surface area contributed by atoms with Gasteiger partial charge in [-0.1, -0.05) is 48.6 Å². The first-order valence-corrected chi connectivity index (χ1v) is 5.20. The van der Waals surface area contributed by atoms with Crippen molar-refractivity contribution in [3.05, 3.63) is 59.0 Å². The molecule has 2 aliphatic carbocycles. The van der Waals surface area contributed by atoms with Crippen molar-refractivity contribution in [3.63, 3.8) is 0 Å². The first kappa shape index (κ1) is 8.13. The summed E-state index contributed by atoms with van der Waals surface area (Å²) in [5, 5.41) is 2.62. The van der Waals surface area contributed by atoms with Crippen LogP contribution < -0.4 is 10.4 Å². The van der Waals surface area contributed by atoms with Gasteiger partial charge >= 0.3 is 0 Å². The third-order valence-electron chi connectivity index (χ3n) is 2.83. The van der Waals surface area contributed by atoms with Crippen LogP contribution in [-0.4, -0.2) is 0 Å². The highest BCUT2D eigenvalue weighted by molar-refractivity contribution is 7.90. The zero-order chi connectivity index (χ0) is 9.54. The summed E-state index contributed by atoms with van der Waals surface area (Å²) < 4.78 is 0. The highest BCUT2D eigenvalue weighted by Crippen LogP contribution is 2.30. The van der Waals surface area contributed by atoms with Crippen molar-refractivity contribution < 1.29 is 0 Å². The van der Waals surface area contributed by atoms with Gasteiger partial charge in [0, 0.05) is 10.8 Å². The van der Waals surface area contributed by atoms with E-state index in [1.165, 1.54) is 20.9 Å². The van der Waals surface area contributed by atoms with Crippen molar-refractivity contribution in [3.8, 4) is 0 Å². The second kappa shape index (κ2) is 2.89. The molecule has 1 aromatic rings. The van der Waals surface area contributed by atoms with Crippen molar-refractivity contribution in [2.45, 2.75) is 0 Å². The first-order chi connectivity index (χ1) is 6.88. The van der Waals surface area contributed by atoms with Gasteiger partial charge in [0.25, 0.3) is 0 Å². The minimum Gasteiger partial charge on any atom is -0.146 e. The molecule has 0 saturated carbocycles. The van der Waals surface area contributed by atoms with Crippen molar-refractivity contribution in [1.29, 1.82) is 0 Å². The number of allylic oxidation sites excluding steroid dienone is 4. The van der Waals surface area contributed by atoms with Gasteiger partial charge in [-0.25, -0.2) is 0 Å². The molecule has 0 fully saturated rings. The molecule has 0 nitrogen and oxygen atoms in total. The molecule has 0 heterocycles. The van der Waals surface area contributed by atoms with Crippen LogP contribution >= 0.6 is 12.6 Å². The van der Waals surface area contributed by atoms with Crippen LogP contribution in [0.1, 0.15) is 0 Å². The molecule has 0 radical (unpaired) electrons. The summed E-state index contributed by atoms with van der Waals surface area (Å²) in [5.41, 5.74) is 1.38. The summed E-state index contributed by atoms with van der Waals surface area (Å²) in [5.74, 6) is 0.390. The lowest BCUT2D eigenvalue weighted by Crippen LogP contribution is -2.22. The molecule has 3 rings (SSSR count). The molecule has 0 N–H and O–H groups in total. The molecule has 0 bridgehead atoms. The van der Waals surface area contributed by atoms with E-state index in [0.717, 1.165) is 0 Å². The molecular formula is C13H10S. The number of hydrogen-bond donors (Lipinski definition) is 1. The Balaban J connectivity index is 2.49. The van der Waals surface area contributed by atoms with E-state index >= 15 is 0 Å². The molecule has 2 aliphatic rings. The quantitative estimate of drug-likeness (QED) is 0.602. The van der Waals surface area contributed by atoms with E-state index in [2.05, 4.69) is 61.2 Å². The third-order valence-corrected chi connectivity index (χ3v) is 3.35. The van der Waals surface area contributed by atoms with Gasteiger partial charge in [-0.3, -0.25) is 0 Å². The van der Waals surface area contributed by atoms with Crippen LogP contribution in [0.4, 0.5) is 0 Å². The van der Waals surface area contributed by atoms with E-state index in [0.29, 0.717) is 5.92 Å². The maximum atomic E-state index is 4.60. The monoisotopic (exact) mass is 198 g/mol. The maximum Gasteiger partial charge on any atom is 0.0342 e. The highest BCUT2D eigenvalue weighted by Gasteiger charge is 2.20. The molecule has 68 valence electrons. The fraction of sp³-hybridized carbons (Fsp3) is 0.0769. The van der Waals surface area contributed by atoms with Crippen LogP contribution in [-0.2, 0) is 0 Å². The zero-order valence-corrected chi connectivity index (χ0v) is 8.54. The molecule has 0 amide bonds. The van der Waals surface area contributed by atoms with Crippen LogP contribution in [0, 0.1) is 5.92 Å². The Morgan fingerprint density at radius 1 is 1.00 bits per heavy atom. The summed E-state index contributed by atoms with van der Waals surface area (Å²) in [4.78, 5) is 1.18. The average Bonchev–Trinajstić information content (AvgIpc) is 2.55. The third kappa shape index (κ3) is 0.962. The van der Waals surface area contributed by atoms with Crippen molar-refractivity contribution in [2.24, 2.45) is 5.92 Å². The fourth-order valence-corrected chi connectivity index (χ4v) is 2.58. The number of rotatable bonds is 0. The van der Waals surface area contributed by atoms with Crippen LogP contribution in [0.5, 0.6) is 0 Å². The van der Waals surface area contributed by atoms with Crippen molar-refractivity contribution >= 4 is 23.1 Å². The summed E-state index contributed by atoms with van der Waals surface area (Å²) in [6.45, 7) is 0. The number of thiol groups is 1. The van der Waals surface area contributed by atoms with E-state index in [9.17, 15) is 0 Å². The number of benzene rings is 1. The van der Waals surface area contributed by atoms with Crippen molar-refractivity contribution in [1.82, 2.24) is 0 Å². The average molecular weight is 198 g/mol. The topological polar surface area (TPSA) is 0 Å². The summed E-state index contributed by atoms with van der Waals surface area (Å²) >= 11 is 4.60. The Morgan fingerprint density at radius 3 is 2.64 bits per heavy atom. The molecule has 1 aromatic carbocycles. The Morgan fingerprint density at radius 2 is 1.79 bits per heavy atom. The van der Waals surface area contributed by atoms with Crippen LogP contribution in [0.15, 0.2) is 48.6 Å². The predicted octanol–water partition coefficient (Wildman–Crippen LogP) is 1.63. The van der Waals surface area contributed by atoms with Gasteiger partial charge in [0.1, 0.15) is 0 Å². The Hall–Kier alpha value is -1.21. The number of fused-ring (bicyclic) bond motifs is 2. The van der Waals surface area contributed by atoms with E-state index < -0.39 is 0 Å². The van der Waals surface area contributed by atoms with Gasteiger partial charge in [0.15, 0.2) is 0 Å². The fourth-order valence-electron chi connectivity index (χ4n) is 2.16. The van der Waals surface area contributed by atoms with Gasteiger partial charge in [-0.2, -0.15) is 0 Å². The molecule has 0 aliphatic heterocycles. The SMILES string of the molecule is SC1=c2ccccc2=C2C=CC=CC12. The Bertz CT molecular complexity index is 561. The summed E-state index contributed by atoms with van der Waals surface area (Å²) in [7, 11) is 0. The minimum absolute atomic E-state index is 0.390. The smallest absolute Gasteiger partial charge is 0.0342 e. The van der Waals surface area contributed by atoms with E-state index in [1.807, 2.05) is 0 Å². The molecule has 0 spiro atoms. The molecule has 14 heavy (non-hydrogen) atoms. The number of hydrogen-bond acceptors (Lipinski definition) is 1. The maximum absolute atomic E-state index is 4.60. The lowest BCUT2D eigenvalue weighted by Gasteiger charge is -2.11. The van der Waals surface area contributed by atoms with Gasteiger partial charge in [-0.15, -0.1) is 12.6 Å². The van der Waals surface area contributed by atoms with Crippen LogP contribution in [0.3, 0.4) is 0 Å². The predicted molar refractivity (Wildman–Crippen MR) is 63.3 cm³/mol. The van der Waals surface area contributed by atoms with Crippen LogP contribution in [0.2, 0.25) is 0 Å². The standard InChI is InChI=1S/C13H10S/c14-13-11-7-3-1-5-9(11)10-6-2-4-8-12(10)13/h1-8,11,14H. The molecule has 0 aromatic heterocycles. The van der Waals surface area contributed by atoms with E-state index in [1.54, 1.807) is 0 Å². The van der Waals surface area contributed by atoms with Crippen LogP contribution in [0.25, 0.3) is 10.5 Å².